The molecule has 1 heterocycles. The molecule has 21 heavy (non-hydrogen) atoms. The molecular formula is C14H12BrNO4S. The maximum absolute atomic E-state index is 12.6. The van der Waals surface area contributed by atoms with Crippen molar-refractivity contribution in [1.82, 2.24) is 0 Å². The molecule has 0 spiro atoms. The van der Waals surface area contributed by atoms with E-state index >= 15 is 0 Å². The minimum absolute atomic E-state index is 0.155. The Morgan fingerprint density at radius 2 is 1.71 bits per heavy atom. The van der Waals surface area contributed by atoms with E-state index in [1.807, 2.05) is 0 Å². The Hall–Kier alpha value is -1.73. The highest BCUT2D eigenvalue weighted by Crippen LogP contribution is 2.36. The molecule has 0 aliphatic carbocycles. The Kier molecular flexibility index (Phi) is 3.54. The molecule has 2 aromatic rings. The van der Waals surface area contributed by atoms with Crippen LogP contribution in [-0.4, -0.2) is 22.3 Å². The van der Waals surface area contributed by atoms with E-state index in [1.165, 1.54) is 11.4 Å². The van der Waals surface area contributed by atoms with Gasteiger partial charge in [0.25, 0.3) is 10.0 Å². The molecule has 5 nitrogen and oxygen atoms in total. The summed E-state index contributed by atoms with van der Waals surface area (Å²) in [7, 11) is -2.10. The number of fused-ring (bicyclic) bond motifs is 1. The fraction of sp³-hybridized carbons (Fsp3) is 0.143. The van der Waals surface area contributed by atoms with Crippen molar-refractivity contribution in [2.75, 3.05) is 18.1 Å². The molecule has 0 radical (unpaired) electrons. The lowest BCUT2D eigenvalue weighted by atomic mass is 10.3. The highest BCUT2D eigenvalue weighted by Gasteiger charge is 2.23. The van der Waals surface area contributed by atoms with Gasteiger partial charge in [0.1, 0.15) is 0 Å². The standard InChI is InChI=1S/C14H12BrNO4S/c1-16(11-4-7-13-14(8-11)20-9-19-13)21(17,18)12-5-2-10(15)3-6-12/h2-8H,9H2,1H3. The number of anilines is 1. The van der Waals surface area contributed by atoms with E-state index in [2.05, 4.69) is 15.9 Å². The molecule has 0 unspecified atom stereocenters. The Morgan fingerprint density at radius 3 is 2.43 bits per heavy atom. The molecular weight excluding hydrogens is 358 g/mol. The molecule has 1 aliphatic rings. The third-order valence-corrected chi connectivity index (χ3v) is 5.52. The van der Waals surface area contributed by atoms with Gasteiger partial charge in [0.15, 0.2) is 11.5 Å². The first-order valence-electron chi connectivity index (χ1n) is 6.12. The van der Waals surface area contributed by atoms with Crippen molar-refractivity contribution in [3.05, 3.63) is 46.9 Å². The van der Waals surface area contributed by atoms with Crippen LogP contribution in [0.15, 0.2) is 51.8 Å². The SMILES string of the molecule is CN(c1ccc2c(c1)OCO2)S(=O)(=O)c1ccc(Br)cc1. The van der Waals surface area contributed by atoms with Crippen LogP contribution in [-0.2, 0) is 10.0 Å². The van der Waals surface area contributed by atoms with Crippen molar-refractivity contribution >= 4 is 31.6 Å². The van der Waals surface area contributed by atoms with Gasteiger partial charge >= 0.3 is 0 Å². The summed E-state index contributed by atoms with van der Waals surface area (Å²) < 4.78 is 37.7. The van der Waals surface area contributed by atoms with Gasteiger partial charge in [-0.2, -0.15) is 0 Å². The van der Waals surface area contributed by atoms with Gasteiger partial charge in [0, 0.05) is 17.6 Å². The number of benzene rings is 2. The lowest BCUT2D eigenvalue weighted by molar-refractivity contribution is 0.174. The van der Waals surface area contributed by atoms with E-state index in [-0.39, 0.29) is 11.7 Å². The van der Waals surface area contributed by atoms with Crippen molar-refractivity contribution in [2.45, 2.75) is 4.90 Å². The van der Waals surface area contributed by atoms with E-state index in [1.54, 1.807) is 42.5 Å². The van der Waals surface area contributed by atoms with Gasteiger partial charge in [-0.25, -0.2) is 8.42 Å². The Balaban J connectivity index is 1.97. The van der Waals surface area contributed by atoms with Crippen LogP contribution in [0, 0.1) is 0 Å². The van der Waals surface area contributed by atoms with Crippen LogP contribution in [0.1, 0.15) is 0 Å². The normalized spacial score (nSPS) is 13.2. The summed E-state index contributed by atoms with van der Waals surface area (Å²) in [5.41, 5.74) is 0.516. The molecule has 0 amide bonds. The molecule has 0 saturated heterocycles. The van der Waals surface area contributed by atoms with Crippen LogP contribution in [0.3, 0.4) is 0 Å². The second-order valence-electron chi connectivity index (χ2n) is 4.46. The van der Waals surface area contributed by atoms with Gasteiger partial charge < -0.3 is 9.47 Å². The number of sulfonamides is 1. The summed E-state index contributed by atoms with van der Waals surface area (Å²) in [6.45, 7) is 0.155. The molecule has 0 N–H and O–H groups in total. The zero-order valence-electron chi connectivity index (χ0n) is 11.1. The maximum atomic E-state index is 12.6. The predicted molar refractivity (Wildman–Crippen MR) is 82.3 cm³/mol. The van der Waals surface area contributed by atoms with E-state index < -0.39 is 10.0 Å². The summed E-state index contributed by atoms with van der Waals surface area (Å²) in [4.78, 5) is 0.228. The molecule has 2 aromatic carbocycles. The van der Waals surface area contributed by atoms with E-state index in [9.17, 15) is 8.42 Å². The third kappa shape index (κ3) is 2.58. The van der Waals surface area contributed by atoms with Crippen LogP contribution in [0.25, 0.3) is 0 Å². The number of nitrogens with zero attached hydrogens (tertiary/aromatic N) is 1. The monoisotopic (exact) mass is 369 g/mol. The fourth-order valence-electron chi connectivity index (χ4n) is 1.98. The van der Waals surface area contributed by atoms with Crippen LogP contribution >= 0.6 is 15.9 Å². The first-order chi connectivity index (χ1) is 9.98. The number of ether oxygens (including phenoxy) is 2. The average molecular weight is 370 g/mol. The minimum atomic E-state index is -3.61. The van der Waals surface area contributed by atoms with E-state index in [0.717, 1.165) is 4.47 Å². The van der Waals surface area contributed by atoms with Crippen LogP contribution in [0.5, 0.6) is 11.5 Å². The Morgan fingerprint density at radius 1 is 1.05 bits per heavy atom. The number of halogens is 1. The largest absolute Gasteiger partial charge is 0.454 e. The molecule has 0 saturated carbocycles. The molecule has 0 bridgehead atoms. The van der Waals surface area contributed by atoms with Crippen LogP contribution < -0.4 is 13.8 Å². The van der Waals surface area contributed by atoms with Crippen molar-refractivity contribution in [3.8, 4) is 11.5 Å². The van der Waals surface area contributed by atoms with Crippen molar-refractivity contribution in [1.29, 1.82) is 0 Å². The van der Waals surface area contributed by atoms with Crippen LogP contribution in [0.4, 0.5) is 5.69 Å². The first-order valence-corrected chi connectivity index (χ1v) is 8.36. The van der Waals surface area contributed by atoms with Crippen molar-refractivity contribution < 1.29 is 17.9 Å². The second kappa shape index (κ2) is 5.23. The van der Waals surface area contributed by atoms with Crippen molar-refractivity contribution in [2.24, 2.45) is 0 Å². The van der Waals surface area contributed by atoms with Gasteiger partial charge in [-0.15, -0.1) is 0 Å². The molecule has 110 valence electrons. The Bertz CT molecular complexity index is 774. The lowest BCUT2D eigenvalue weighted by Gasteiger charge is -2.19. The Labute approximate surface area is 131 Å². The first kappa shape index (κ1) is 14.2. The van der Waals surface area contributed by atoms with Crippen molar-refractivity contribution in [3.63, 3.8) is 0 Å². The summed E-state index contributed by atoms with van der Waals surface area (Å²) in [6, 6.07) is 11.5. The van der Waals surface area contributed by atoms with Gasteiger partial charge in [0.05, 0.1) is 10.6 Å². The molecule has 0 atom stereocenters. The number of rotatable bonds is 3. The van der Waals surface area contributed by atoms with Gasteiger partial charge in [0.2, 0.25) is 6.79 Å². The summed E-state index contributed by atoms with van der Waals surface area (Å²) in [6.07, 6.45) is 0. The molecule has 0 aromatic heterocycles. The molecule has 3 rings (SSSR count). The second-order valence-corrected chi connectivity index (χ2v) is 7.35. The quantitative estimate of drug-likeness (QED) is 0.834. The van der Waals surface area contributed by atoms with Crippen LogP contribution in [0.2, 0.25) is 0 Å². The number of hydrogen-bond acceptors (Lipinski definition) is 4. The zero-order valence-corrected chi connectivity index (χ0v) is 13.5. The fourth-order valence-corrected chi connectivity index (χ4v) is 3.44. The average Bonchev–Trinajstić information content (AvgIpc) is 2.94. The van der Waals surface area contributed by atoms with Gasteiger partial charge in [-0.3, -0.25) is 4.31 Å². The number of hydrogen-bond donors (Lipinski definition) is 0. The smallest absolute Gasteiger partial charge is 0.264 e. The molecule has 1 aliphatic heterocycles. The highest BCUT2D eigenvalue weighted by molar-refractivity contribution is 9.10. The van der Waals surface area contributed by atoms with E-state index in [0.29, 0.717) is 17.2 Å². The molecule has 7 heteroatoms. The summed E-state index contributed by atoms with van der Waals surface area (Å²) in [5.74, 6) is 1.17. The topological polar surface area (TPSA) is 55.8 Å². The summed E-state index contributed by atoms with van der Waals surface area (Å²) >= 11 is 3.29. The van der Waals surface area contributed by atoms with E-state index in [4.69, 9.17) is 9.47 Å². The maximum Gasteiger partial charge on any atom is 0.264 e. The molecule has 0 fully saturated rings. The zero-order chi connectivity index (χ0) is 15.0. The van der Waals surface area contributed by atoms with Gasteiger partial charge in [-0.05, 0) is 36.4 Å². The lowest BCUT2D eigenvalue weighted by Crippen LogP contribution is -2.26. The van der Waals surface area contributed by atoms with Gasteiger partial charge in [-0.1, -0.05) is 15.9 Å². The predicted octanol–water partition coefficient (Wildman–Crippen LogP) is 3.00. The third-order valence-electron chi connectivity index (χ3n) is 3.19. The summed E-state index contributed by atoms with van der Waals surface area (Å²) in [5, 5.41) is 0. The highest BCUT2D eigenvalue weighted by atomic mass is 79.9. The minimum Gasteiger partial charge on any atom is -0.454 e.